The van der Waals surface area contributed by atoms with Crippen LogP contribution >= 0.6 is 0 Å². The summed E-state index contributed by atoms with van der Waals surface area (Å²) < 4.78 is 0. The van der Waals surface area contributed by atoms with Crippen LogP contribution in [-0.2, 0) is 0 Å². The van der Waals surface area contributed by atoms with E-state index >= 15 is 0 Å². The summed E-state index contributed by atoms with van der Waals surface area (Å²) in [5.41, 5.74) is 1.59. The van der Waals surface area contributed by atoms with Crippen molar-refractivity contribution in [3.63, 3.8) is 0 Å². The molecular weight excluding hydrogens is 128 g/mol. The van der Waals surface area contributed by atoms with E-state index < -0.39 is 8.32 Å². The number of hydrogen-bond donors (Lipinski definition) is 1. The highest BCUT2D eigenvalue weighted by molar-refractivity contribution is 6.75. The maximum Gasteiger partial charge on any atom is 0.191 e. The second-order valence-corrected chi connectivity index (χ2v) is 7.86. The van der Waals surface area contributed by atoms with Crippen LogP contribution in [-0.4, -0.2) is 13.1 Å². The van der Waals surface area contributed by atoms with Crippen LogP contribution in [0.5, 0.6) is 0 Å². The molecule has 0 aliphatic heterocycles. The van der Waals surface area contributed by atoms with Gasteiger partial charge in [0.1, 0.15) is 0 Å². The van der Waals surface area contributed by atoms with E-state index in [1.165, 1.54) is 25.7 Å². The lowest BCUT2D eigenvalue weighted by Gasteiger charge is -2.17. The average molecular weight is 142 g/mol. The van der Waals surface area contributed by atoms with Gasteiger partial charge in [0, 0.05) is 0 Å². The predicted octanol–water partition coefficient (Wildman–Crippen LogP) is 1.88. The largest absolute Gasteiger partial charge is 0.431 e. The smallest absolute Gasteiger partial charge is 0.191 e. The molecule has 1 N–H and O–H groups in total. The molecule has 0 spiro atoms. The predicted molar refractivity (Wildman–Crippen MR) is 39.8 cm³/mol. The Labute approximate surface area is 57.2 Å². The van der Waals surface area contributed by atoms with Crippen LogP contribution in [0.3, 0.4) is 0 Å². The second-order valence-electron chi connectivity index (χ2n) is 3.77. The van der Waals surface area contributed by atoms with Gasteiger partial charge in [0.05, 0.1) is 0 Å². The molecule has 0 bridgehead atoms. The molecule has 0 saturated heterocycles. The summed E-state index contributed by atoms with van der Waals surface area (Å²) in [6.45, 7) is 2.16. The van der Waals surface area contributed by atoms with E-state index in [1.807, 2.05) is 0 Å². The molecule has 52 valence electrons. The molecule has 2 aliphatic carbocycles. The fraction of sp³-hybridized carbons (Fsp3) is 1.00. The van der Waals surface area contributed by atoms with E-state index in [9.17, 15) is 4.80 Å². The van der Waals surface area contributed by atoms with Gasteiger partial charge < -0.3 is 4.80 Å². The molecule has 0 unspecified atom stereocenters. The van der Waals surface area contributed by atoms with Gasteiger partial charge in [-0.1, -0.05) is 25.7 Å². The molecule has 0 heterocycles. The first-order chi connectivity index (χ1) is 4.21. The van der Waals surface area contributed by atoms with Gasteiger partial charge in [-0.25, -0.2) is 0 Å². The Morgan fingerprint density at radius 2 is 1.44 bits per heavy atom. The minimum Gasteiger partial charge on any atom is -0.431 e. The normalized spacial score (nSPS) is 28.7. The summed E-state index contributed by atoms with van der Waals surface area (Å²) in [5, 5.41) is 0. The van der Waals surface area contributed by atoms with Crippen LogP contribution in [0.1, 0.15) is 25.7 Å². The van der Waals surface area contributed by atoms with Gasteiger partial charge >= 0.3 is 0 Å². The molecular formula is C7H14OSi. The van der Waals surface area contributed by atoms with Gasteiger partial charge in [-0.2, -0.15) is 0 Å². The molecule has 2 aliphatic rings. The van der Waals surface area contributed by atoms with E-state index in [-0.39, 0.29) is 0 Å². The maximum atomic E-state index is 9.93. The third kappa shape index (κ3) is 0.944. The van der Waals surface area contributed by atoms with Crippen molar-refractivity contribution < 1.29 is 4.80 Å². The second kappa shape index (κ2) is 1.61. The van der Waals surface area contributed by atoms with Gasteiger partial charge in [-0.05, 0) is 17.6 Å². The van der Waals surface area contributed by atoms with Crippen LogP contribution in [0.2, 0.25) is 17.6 Å². The molecule has 2 fully saturated rings. The SMILES string of the molecule is C[Si](O)(C1CC1)C1CC1. The maximum absolute atomic E-state index is 9.93. The topological polar surface area (TPSA) is 20.2 Å². The molecule has 0 atom stereocenters. The zero-order chi connectivity index (χ0) is 6.48. The molecule has 0 aromatic carbocycles. The number of rotatable bonds is 2. The molecule has 1 nitrogen and oxygen atoms in total. The minimum absolute atomic E-state index is 0.796. The Bertz CT molecular complexity index is 111. The standard InChI is InChI=1S/C7H14OSi/c1-9(8,6-2-3-6)7-4-5-7/h6-8H,2-5H2,1H3. The monoisotopic (exact) mass is 142 g/mol. The Morgan fingerprint density at radius 1 is 1.11 bits per heavy atom. The Kier molecular flexibility index (Phi) is 1.06. The highest BCUT2D eigenvalue weighted by Crippen LogP contribution is 2.56. The van der Waals surface area contributed by atoms with Crippen molar-refractivity contribution in [1.29, 1.82) is 0 Å². The van der Waals surface area contributed by atoms with Crippen molar-refractivity contribution in [2.24, 2.45) is 0 Å². The molecule has 9 heavy (non-hydrogen) atoms. The zero-order valence-corrected chi connectivity index (χ0v) is 6.93. The summed E-state index contributed by atoms with van der Waals surface area (Å²) in [7, 11) is -1.64. The van der Waals surface area contributed by atoms with Gasteiger partial charge in [0.25, 0.3) is 0 Å². The van der Waals surface area contributed by atoms with Crippen molar-refractivity contribution in [3.05, 3.63) is 0 Å². The van der Waals surface area contributed by atoms with Crippen molar-refractivity contribution in [3.8, 4) is 0 Å². The van der Waals surface area contributed by atoms with Crippen molar-refractivity contribution in [2.75, 3.05) is 0 Å². The van der Waals surface area contributed by atoms with E-state index in [0.717, 1.165) is 11.1 Å². The van der Waals surface area contributed by atoms with Crippen LogP contribution in [0.25, 0.3) is 0 Å². The van der Waals surface area contributed by atoms with Crippen molar-refractivity contribution in [2.45, 2.75) is 43.3 Å². The molecule has 0 radical (unpaired) electrons. The Balaban J connectivity index is 2.01. The van der Waals surface area contributed by atoms with Gasteiger partial charge in [0.15, 0.2) is 8.32 Å². The third-order valence-electron chi connectivity index (χ3n) is 2.81. The van der Waals surface area contributed by atoms with Crippen molar-refractivity contribution in [1.82, 2.24) is 0 Å². The quantitative estimate of drug-likeness (QED) is 0.584. The average Bonchev–Trinajstić information content (AvgIpc) is 2.62. The number of hydrogen-bond acceptors (Lipinski definition) is 1. The highest BCUT2D eigenvalue weighted by Gasteiger charge is 2.52. The van der Waals surface area contributed by atoms with Crippen LogP contribution < -0.4 is 0 Å². The van der Waals surface area contributed by atoms with E-state index in [0.29, 0.717) is 0 Å². The summed E-state index contributed by atoms with van der Waals surface area (Å²) >= 11 is 0. The summed E-state index contributed by atoms with van der Waals surface area (Å²) in [6, 6.07) is 0. The van der Waals surface area contributed by atoms with Crippen LogP contribution in [0.4, 0.5) is 0 Å². The van der Waals surface area contributed by atoms with E-state index in [2.05, 4.69) is 6.55 Å². The third-order valence-corrected chi connectivity index (χ3v) is 7.27. The van der Waals surface area contributed by atoms with Crippen molar-refractivity contribution >= 4 is 8.32 Å². The first-order valence-electron chi connectivity index (χ1n) is 3.93. The molecule has 2 rings (SSSR count). The zero-order valence-electron chi connectivity index (χ0n) is 5.93. The highest BCUT2D eigenvalue weighted by atomic mass is 28.4. The minimum atomic E-state index is -1.64. The molecule has 2 saturated carbocycles. The van der Waals surface area contributed by atoms with Crippen LogP contribution in [0, 0.1) is 0 Å². The van der Waals surface area contributed by atoms with E-state index in [4.69, 9.17) is 0 Å². The first-order valence-corrected chi connectivity index (χ1v) is 6.54. The van der Waals surface area contributed by atoms with Gasteiger partial charge in [-0.15, -0.1) is 0 Å². The first kappa shape index (κ1) is 5.92. The Hall–Kier alpha value is 0.177. The fourth-order valence-corrected chi connectivity index (χ4v) is 5.01. The summed E-state index contributed by atoms with van der Waals surface area (Å²) in [6.07, 6.45) is 5.32. The summed E-state index contributed by atoms with van der Waals surface area (Å²) in [5.74, 6) is 0. The lowest BCUT2D eigenvalue weighted by Crippen LogP contribution is -2.30. The fourth-order valence-electron chi connectivity index (χ4n) is 1.67. The molecule has 0 amide bonds. The lowest BCUT2D eigenvalue weighted by atomic mass is 10.9. The van der Waals surface area contributed by atoms with E-state index in [1.54, 1.807) is 0 Å². The molecule has 0 aromatic heterocycles. The van der Waals surface area contributed by atoms with Gasteiger partial charge in [0.2, 0.25) is 0 Å². The summed E-state index contributed by atoms with van der Waals surface area (Å²) in [4.78, 5) is 9.93. The lowest BCUT2D eigenvalue weighted by molar-refractivity contribution is 0.532. The van der Waals surface area contributed by atoms with Gasteiger partial charge in [-0.3, -0.25) is 0 Å². The Morgan fingerprint density at radius 3 is 1.67 bits per heavy atom. The molecule has 2 heteroatoms. The van der Waals surface area contributed by atoms with Crippen LogP contribution in [0.15, 0.2) is 0 Å². The molecule has 0 aromatic rings.